The van der Waals surface area contributed by atoms with E-state index in [1.165, 1.54) is 0 Å². The predicted octanol–water partition coefficient (Wildman–Crippen LogP) is 2.68. The van der Waals surface area contributed by atoms with E-state index in [9.17, 15) is 0 Å². The summed E-state index contributed by atoms with van der Waals surface area (Å²) in [5, 5.41) is 3.44. The van der Waals surface area contributed by atoms with Crippen molar-refractivity contribution in [3.8, 4) is 5.88 Å². The van der Waals surface area contributed by atoms with Crippen LogP contribution in [0.3, 0.4) is 0 Å². The molecule has 1 aliphatic heterocycles. The van der Waals surface area contributed by atoms with Crippen LogP contribution in [-0.4, -0.2) is 41.6 Å². The number of likely N-dealkylation sites (tertiary alicyclic amines) is 1. The molecule has 122 valence electrons. The van der Waals surface area contributed by atoms with Crippen LogP contribution in [0.1, 0.15) is 40.2 Å². The fraction of sp³-hybridized carbons (Fsp3) is 0.647. The molecule has 1 fully saturated rings. The second-order valence-corrected chi connectivity index (χ2v) is 6.87. The summed E-state index contributed by atoms with van der Waals surface area (Å²) in [6.45, 7) is 13.4. The molecule has 0 amide bonds. The molecule has 1 aromatic rings. The van der Waals surface area contributed by atoms with E-state index in [-0.39, 0.29) is 5.54 Å². The summed E-state index contributed by atoms with van der Waals surface area (Å²) in [6, 6.07) is 3.96. The van der Waals surface area contributed by atoms with E-state index >= 15 is 0 Å². The minimum absolute atomic E-state index is 0.101. The number of hydrogen-bond donors (Lipinski definition) is 1. The maximum Gasteiger partial charge on any atom is 0.213 e. The molecule has 1 saturated heterocycles. The minimum atomic E-state index is 0.101. The molecule has 0 atom stereocenters. The Morgan fingerprint density at radius 2 is 2.14 bits per heavy atom. The summed E-state index contributed by atoms with van der Waals surface area (Å²) in [5.41, 5.74) is 1.53. The van der Waals surface area contributed by atoms with Crippen LogP contribution in [0, 0.1) is 5.41 Å². The zero-order valence-electron chi connectivity index (χ0n) is 14.6. The topological polar surface area (TPSA) is 49.8 Å². The molecule has 0 aliphatic carbocycles. The Hall–Kier alpha value is -1.78. The third-order valence-electron chi connectivity index (χ3n) is 4.89. The van der Waals surface area contributed by atoms with Crippen molar-refractivity contribution < 1.29 is 4.74 Å². The predicted molar refractivity (Wildman–Crippen MR) is 90.2 cm³/mol. The van der Waals surface area contributed by atoms with Crippen molar-refractivity contribution in [3.63, 3.8) is 0 Å². The summed E-state index contributed by atoms with van der Waals surface area (Å²) in [6.07, 6.45) is 1.78. The van der Waals surface area contributed by atoms with Gasteiger partial charge >= 0.3 is 0 Å². The molecule has 0 radical (unpaired) electrons. The average Bonchev–Trinajstić information content (AvgIpc) is 2.47. The lowest BCUT2D eigenvalue weighted by atomic mass is 9.65. The quantitative estimate of drug-likeness (QED) is 0.686. The number of pyridine rings is 1. The Kier molecular flexibility index (Phi) is 4.63. The Labute approximate surface area is 133 Å². The Morgan fingerprint density at radius 3 is 2.68 bits per heavy atom. The van der Waals surface area contributed by atoms with E-state index < -0.39 is 0 Å². The molecule has 0 unspecified atom stereocenters. The van der Waals surface area contributed by atoms with Crippen molar-refractivity contribution in [1.29, 1.82) is 0 Å². The fourth-order valence-electron chi connectivity index (χ4n) is 2.66. The molecule has 22 heavy (non-hydrogen) atoms. The molecule has 2 rings (SSSR count). The highest BCUT2D eigenvalue weighted by Crippen LogP contribution is 2.46. The van der Waals surface area contributed by atoms with Gasteiger partial charge in [0, 0.05) is 43.4 Å². The third kappa shape index (κ3) is 3.03. The largest absolute Gasteiger partial charge is 0.478 e. The van der Waals surface area contributed by atoms with E-state index in [1.54, 1.807) is 6.20 Å². The molecular weight excluding hydrogens is 276 g/mol. The van der Waals surface area contributed by atoms with Crippen LogP contribution in [0.2, 0.25) is 0 Å². The number of guanidine groups is 1. The molecule has 2 heterocycles. The Bertz CT molecular complexity index is 551. The van der Waals surface area contributed by atoms with Crippen molar-refractivity contribution in [1.82, 2.24) is 15.2 Å². The zero-order valence-corrected chi connectivity index (χ0v) is 14.6. The van der Waals surface area contributed by atoms with Gasteiger partial charge in [-0.25, -0.2) is 4.98 Å². The van der Waals surface area contributed by atoms with Gasteiger partial charge in [0.15, 0.2) is 5.96 Å². The summed E-state index contributed by atoms with van der Waals surface area (Å²) < 4.78 is 5.44. The number of aromatic nitrogens is 1. The molecule has 5 heteroatoms. The molecule has 1 N–H and O–H groups in total. The first-order valence-electron chi connectivity index (χ1n) is 7.88. The lowest BCUT2D eigenvalue weighted by Crippen LogP contribution is -2.72. The van der Waals surface area contributed by atoms with E-state index in [0.29, 0.717) is 24.4 Å². The first kappa shape index (κ1) is 16.6. The van der Waals surface area contributed by atoms with Crippen molar-refractivity contribution >= 4 is 5.96 Å². The van der Waals surface area contributed by atoms with Gasteiger partial charge in [-0.2, -0.15) is 0 Å². The van der Waals surface area contributed by atoms with Gasteiger partial charge in [0.05, 0.1) is 6.61 Å². The van der Waals surface area contributed by atoms with Gasteiger partial charge in [-0.05, 0) is 32.4 Å². The molecular formula is C17H28N4O. The Morgan fingerprint density at radius 1 is 1.41 bits per heavy atom. The summed E-state index contributed by atoms with van der Waals surface area (Å²) in [4.78, 5) is 11.0. The lowest BCUT2D eigenvalue weighted by molar-refractivity contribution is -0.0667. The number of hydrogen-bond acceptors (Lipinski definition) is 3. The second kappa shape index (κ2) is 6.15. The monoisotopic (exact) mass is 304 g/mol. The standard InChI is InChI=1S/C17H28N4O/c1-7-22-14-10-13(8-9-19-14)11-20-15(18-6)21-12-16(2,3)17(21,4)5/h8-10H,7,11-12H2,1-6H3,(H,18,20). The van der Waals surface area contributed by atoms with Crippen molar-refractivity contribution in [2.24, 2.45) is 10.4 Å². The van der Waals surface area contributed by atoms with E-state index in [0.717, 1.165) is 18.1 Å². The van der Waals surface area contributed by atoms with Gasteiger partial charge in [-0.1, -0.05) is 13.8 Å². The van der Waals surface area contributed by atoms with Gasteiger partial charge in [-0.3, -0.25) is 4.99 Å². The maximum atomic E-state index is 5.44. The SMILES string of the molecule is CCOc1cc(CNC(=NC)N2CC(C)(C)C2(C)C)ccn1. The van der Waals surface area contributed by atoms with Gasteiger partial charge in [0.25, 0.3) is 0 Å². The van der Waals surface area contributed by atoms with Crippen LogP contribution in [0.25, 0.3) is 0 Å². The summed E-state index contributed by atoms with van der Waals surface area (Å²) in [7, 11) is 1.84. The number of rotatable bonds is 4. The third-order valence-corrected chi connectivity index (χ3v) is 4.89. The average molecular weight is 304 g/mol. The summed E-state index contributed by atoms with van der Waals surface area (Å²) in [5.74, 6) is 1.61. The highest BCUT2D eigenvalue weighted by Gasteiger charge is 2.53. The van der Waals surface area contributed by atoms with Gasteiger partial charge in [0.1, 0.15) is 0 Å². The molecule has 0 aromatic carbocycles. The van der Waals surface area contributed by atoms with Gasteiger partial charge < -0.3 is 15.0 Å². The van der Waals surface area contributed by atoms with Crippen LogP contribution < -0.4 is 10.1 Å². The van der Waals surface area contributed by atoms with E-state index in [4.69, 9.17) is 4.74 Å². The minimum Gasteiger partial charge on any atom is -0.478 e. The van der Waals surface area contributed by atoms with Crippen LogP contribution in [0.15, 0.2) is 23.3 Å². The van der Waals surface area contributed by atoms with Crippen LogP contribution in [-0.2, 0) is 6.54 Å². The molecule has 0 spiro atoms. The number of ether oxygens (including phenoxy) is 1. The van der Waals surface area contributed by atoms with E-state index in [1.807, 2.05) is 26.1 Å². The molecule has 1 aliphatic rings. The Balaban J connectivity index is 2.00. The molecule has 0 bridgehead atoms. The summed E-state index contributed by atoms with van der Waals surface area (Å²) >= 11 is 0. The van der Waals surface area contributed by atoms with Crippen LogP contribution in [0.4, 0.5) is 0 Å². The van der Waals surface area contributed by atoms with Crippen molar-refractivity contribution in [2.75, 3.05) is 20.2 Å². The fourth-order valence-corrected chi connectivity index (χ4v) is 2.66. The highest BCUT2D eigenvalue weighted by atomic mass is 16.5. The molecule has 5 nitrogen and oxygen atoms in total. The van der Waals surface area contributed by atoms with Gasteiger partial charge in [0.2, 0.25) is 5.88 Å². The first-order valence-corrected chi connectivity index (χ1v) is 7.88. The zero-order chi connectivity index (χ0) is 16.4. The lowest BCUT2D eigenvalue weighted by Gasteiger charge is -2.62. The van der Waals surface area contributed by atoms with Crippen LogP contribution >= 0.6 is 0 Å². The molecule has 0 saturated carbocycles. The highest BCUT2D eigenvalue weighted by molar-refractivity contribution is 5.82. The number of nitrogens with zero attached hydrogens (tertiary/aromatic N) is 3. The normalized spacial score (nSPS) is 19.5. The maximum absolute atomic E-state index is 5.44. The van der Waals surface area contributed by atoms with Crippen molar-refractivity contribution in [2.45, 2.75) is 46.7 Å². The smallest absolute Gasteiger partial charge is 0.213 e. The van der Waals surface area contributed by atoms with E-state index in [2.05, 4.69) is 47.9 Å². The van der Waals surface area contributed by atoms with Crippen LogP contribution in [0.5, 0.6) is 5.88 Å². The number of aliphatic imine (C=N–C) groups is 1. The van der Waals surface area contributed by atoms with Gasteiger partial charge in [-0.15, -0.1) is 0 Å². The molecule has 1 aromatic heterocycles. The van der Waals surface area contributed by atoms with Crippen molar-refractivity contribution in [3.05, 3.63) is 23.9 Å². The first-order chi connectivity index (χ1) is 10.3. The second-order valence-electron chi connectivity index (χ2n) is 6.87. The number of nitrogens with one attached hydrogen (secondary N) is 1.